The summed E-state index contributed by atoms with van der Waals surface area (Å²) in [4.78, 5) is 26.4. The Morgan fingerprint density at radius 1 is 1.00 bits per heavy atom. The van der Waals surface area contributed by atoms with Crippen molar-refractivity contribution in [2.75, 3.05) is 0 Å². The van der Waals surface area contributed by atoms with E-state index >= 15 is 0 Å². The number of carbonyl (C=O) groups excluding carboxylic acids is 1. The smallest absolute Gasteiger partial charge is 0.264 e. The van der Waals surface area contributed by atoms with Crippen molar-refractivity contribution in [3.8, 4) is 5.69 Å². The quantitative estimate of drug-likeness (QED) is 0.411. The van der Waals surface area contributed by atoms with E-state index in [9.17, 15) is 14.0 Å². The Morgan fingerprint density at radius 3 is 2.38 bits per heavy atom. The van der Waals surface area contributed by atoms with Crippen molar-refractivity contribution in [2.24, 2.45) is 0 Å². The minimum atomic E-state index is -0.368. The van der Waals surface area contributed by atoms with Crippen LogP contribution in [0.2, 0.25) is 5.02 Å². The number of rotatable bonds is 4. The van der Waals surface area contributed by atoms with Crippen LogP contribution in [-0.4, -0.2) is 10.5 Å². The van der Waals surface area contributed by atoms with E-state index in [4.69, 9.17) is 11.6 Å². The molecule has 1 aromatic heterocycles. The fourth-order valence-corrected chi connectivity index (χ4v) is 3.87. The van der Waals surface area contributed by atoms with Gasteiger partial charge in [-0.15, -0.1) is 0 Å². The van der Waals surface area contributed by atoms with Crippen LogP contribution in [0.1, 0.15) is 35.5 Å². The molecule has 0 spiro atoms. The number of halogens is 2. The van der Waals surface area contributed by atoms with E-state index in [1.807, 2.05) is 32.0 Å². The van der Waals surface area contributed by atoms with Gasteiger partial charge in [-0.25, -0.2) is 4.39 Å². The Kier molecular flexibility index (Phi) is 7.44. The molecule has 4 aromatic rings. The molecule has 164 valence electrons. The first kappa shape index (κ1) is 23.2. The summed E-state index contributed by atoms with van der Waals surface area (Å²) in [6.07, 6.45) is 0. The molecule has 0 bridgehead atoms. The molecule has 0 unspecified atom stereocenters. The zero-order valence-electron chi connectivity index (χ0n) is 18.2. The minimum absolute atomic E-state index is 0.155. The van der Waals surface area contributed by atoms with Crippen LogP contribution < -0.4 is 10.9 Å². The van der Waals surface area contributed by atoms with Gasteiger partial charge in [0, 0.05) is 23.3 Å². The molecule has 1 heterocycles. The number of benzene rings is 3. The Balaban J connectivity index is 0.00000141. The summed E-state index contributed by atoms with van der Waals surface area (Å²) in [5, 5.41) is 3.87. The van der Waals surface area contributed by atoms with Gasteiger partial charge in [0.05, 0.1) is 16.0 Å². The van der Waals surface area contributed by atoms with E-state index < -0.39 is 0 Å². The monoisotopic (exact) mass is 450 g/mol. The maximum atomic E-state index is 13.5. The van der Waals surface area contributed by atoms with E-state index in [0.29, 0.717) is 27.9 Å². The topological polar surface area (TPSA) is 51.1 Å². The van der Waals surface area contributed by atoms with Crippen molar-refractivity contribution in [1.82, 2.24) is 9.88 Å². The third kappa shape index (κ3) is 4.58. The molecule has 0 aliphatic heterocycles. The lowest BCUT2D eigenvalue weighted by atomic mass is 10.0. The standard InChI is InChI=1S/C24H18ClFN2O2.C2H6/c1-15-21(23(29)27-14-16-7-5-8-17(26)13-16)19-11-6-12-20(25)22(19)24(30)28(15)18-9-3-2-4-10-18;1-2/h2-13H,14H2,1H3,(H,27,29);1-2H3. The molecule has 0 radical (unpaired) electrons. The van der Waals surface area contributed by atoms with Crippen LogP contribution in [0.15, 0.2) is 77.6 Å². The van der Waals surface area contributed by atoms with Gasteiger partial charge in [0.25, 0.3) is 11.5 Å². The second kappa shape index (κ2) is 10.2. The van der Waals surface area contributed by atoms with Gasteiger partial charge in [-0.2, -0.15) is 0 Å². The maximum absolute atomic E-state index is 13.5. The highest BCUT2D eigenvalue weighted by Crippen LogP contribution is 2.27. The van der Waals surface area contributed by atoms with Crippen molar-refractivity contribution in [3.63, 3.8) is 0 Å². The van der Waals surface area contributed by atoms with Gasteiger partial charge in [0.1, 0.15) is 5.82 Å². The first-order chi connectivity index (χ1) is 15.5. The number of nitrogens with one attached hydrogen (secondary N) is 1. The van der Waals surface area contributed by atoms with Crippen molar-refractivity contribution in [3.05, 3.63) is 111 Å². The van der Waals surface area contributed by atoms with Crippen LogP contribution in [0.3, 0.4) is 0 Å². The van der Waals surface area contributed by atoms with E-state index in [-0.39, 0.29) is 34.2 Å². The summed E-state index contributed by atoms with van der Waals surface area (Å²) < 4.78 is 14.9. The highest BCUT2D eigenvalue weighted by atomic mass is 35.5. The van der Waals surface area contributed by atoms with Gasteiger partial charge in [0.15, 0.2) is 0 Å². The predicted molar refractivity (Wildman–Crippen MR) is 128 cm³/mol. The molecular weight excluding hydrogens is 427 g/mol. The van der Waals surface area contributed by atoms with Crippen LogP contribution in [0.4, 0.5) is 4.39 Å². The summed E-state index contributed by atoms with van der Waals surface area (Å²) in [6.45, 7) is 5.88. The summed E-state index contributed by atoms with van der Waals surface area (Å²) in [7, 11) is 0. The zero-order valence-corrected chi connectivity index (χ0v) is 18.9. The van der Waals surface area contributed by atoms with Gasteiger partial charge in [-0.3, -0.25) is 14.2 Å². The van der Waals surface area contributed by atoms with E-state index in [1.165, 1.54) is 16.7 Å². The average molecular weight is 451 g/mol. The molecule has 4 nitrogen and oxygen atoms in total. The molecule has 0 atom stereocenters. The molecule has 1 amide bonds. The highest BCUT2D eigenvalue weighted by Gasteiger charge is 2.21. The highest BCUT2D eigenvalue weighted by molar-refractivity contribution is 6.36. The number of fused-ring (bicyclic) bond motifs is 1. The molecule has 32 heavy (non-hydrogen) atoms. The average Bonchev–Trinajstić information content (AvgIpc) is 2.80. The Bertz CT molecular complexity index is 1320. The number of pyridine rings is 1. The van der Waals surface area contributed by atoms with Crippen LogP contribution in [0, 0.1) is 12.7 Å². The van der Waals surface area contributed by atoms with Crippen LogP contribution in [-0.2, 0) is 6.54 Å². The molecule has 4 rings (SSSR count). The largest absolute Gasteiger partial charge is 0.348 e. The summed E-state index contributed by atoms with van der Waals surface area (Å²) in [5.74, 6) is -0.735. The lowest BCUT2D eigenvalue weighted by Crippen LogP contribution is -2.29. The maximum Gasteiger partial charge on any atom is 0.264 e. The second-order valence-corrected chi connectivity index (χ2v) is 7.32. The first-order valence-electron chi connectivity index (χ1n) is 10.4. The van der Waals surface area contributed by atoms with Crippen LogP contribution in [0.25, 0.3) is 16.5 Å². The van der Waals surface area contributed by atoms with Gasteiger partial charge >= 0.3 is 0 Å². The first-order valence-corrected chi connectivity index (χ1v) is 10.8. The van der Waals surface area contributed by atoms with Gasteiger partial charge in [0.2, 0.25) is 0 Å². The lowest BCUT2D eigenvalue weighted by Gasteiger charge is -2.18. The molecule has 1 N–H and O–H groups in total. The van der Waals surface area contributed by atoms with Crippen molar-refractivity contribution >= 4 is 28.3 Å². The van der Waals surface area contributed by atoms with E-state index in [2.05, 4.69) is 5.32 Å². The number of amides is 1. The fraction of sp³-hybridized carbons (Fsp3) is 0.154. The normalized spacial score (nSPS) is 10.4. The molecule has 0 saturated carbocycles. The van der Waals surface area contributed by atoms with Crippen molar-refractivity contribution in [2.45, 2.75) is 27.3 Å². The molecule has 6 heteroatoms. The number of carbonyl (C=O) groups is 1. The number of para-hydroxylation sites is 1. The number of hydrogen-bond acceptors (Lipinski definition) is 2. The predicted octanol–water partition coefficient (Wildman–Crippen LogP) is 6.05. The molecule has 0 saturated heterocycles. The van der Waals surface area contributed by atoms with Gasteiger partial charge in [-0.1, -0.05) is 67.9 Å². The van der Waals surface area contributed by atoms with Crippen molar-refractivity contribution < 1.29 is 9.18 Å². The Hall–Kier alpha value is -3.44. The Morgan fingerprint density at radius 2 is 1.69 bits per heavy atom. The SMILES string of the molecule is CC.Cc1c(C(=O)NCc2cccc(F)c2)c2cccc(Cl)c2c(=O)n1-c1ccccc1. The summed E-state index contributed by atoms with van der Waals surface area (Å²) in [5.41, 5.74) is 1.84. The summed E-state index contributed by atoms with van der Waals surface area (Å²) in [6, 6.07) is 20.2. The van der Waals surface area contributed by atoms with Gasteiger partial charge in [-0.05, 0) is 42.8 Å². The van der Waals surface area contributed by atoms with E-state index in [1.54, 1.807) is 49.4 Å². The fourth-order valence-electron chi connectivity index (χ4n) is 3.61. The lowest BCUT2D eigenvalue weighted by molar-refractivity contribution is 0.0951. The Labute approximate surface area is 191 Å². The third-order valence-electron chi connectivity index (χ3n) is 4.98. The van der Waals surface area contributed by atoms with Crippen molar-refractivity contribution in [1.29, 1.82) is 0 Å². The number of aromatic nitrogens is 1. The number of nitrogens with zero attached hydrogens (tertiary/aromatic N) is 1. The molecule has 0 aliphatic rings. The van der Waals surface area contributed by atoms with Crippen LogP contribution >= 0.6 is 11.6 Å². The van der Waals surface area contributed by atoms with Gasteiger partial charge < -0.3 is 5.32 Å². The van der Waals surface area contributed by atoms with Crippen LogP contribution in [0.5, 0.6) is 0 Å². The number of hydrogen-bond donors (Lipinski definition) is 1. The second-order valence-electron chi connectivity index (χ2n) is 6.91. The molecule has 3 aromatic carbocycles. The minimum Gasteiger partial charge on any atom is -0.348 e. The molecule has 0 aliphatic carbocycles. The zero-order chi connectivity index (χ0) is 23.3. The van der Waals surface area contributed by atoms with E-state index in [0.717, 1.165) is 0 Å². The molecule has 0 fully saturated rings. The summed E-state index contributed by atoms with van der Waals surface area (Å²) >= 11 is 6.35. The third-order valence-corrected chi connectivity index (χ3v) is 5.30. The molecular formula is C26H24ClFN2O2.